The third kappa shape index (κ3) is 4.71. The molecular formula is C24H16O8. The van der Waals surface area contributed by atoms with Crippen molar-refractivity contribution in [1.29, 1.82) is 0 Å². The lowest BCUT2D eigenvalue weighted by molar-refractivity contribution is 0.0686. The first-order valence-electron chi connectivity index (χ1n) is 9.17. The summed E-state index contributed by atoms with van der Waals surface area (Å²) >= 11 is 0. The van der Waals surface area contributed by atoms with Crippen molar-refractivity contribution in [3.05, 3.63) is 95.1 Å². The van der Waals surface area contributed by atoms with E-state index in [4.69, 9.17) is 20.4 Å². The summed E-state index contributed by atoms with van der Waals surface area (Å²) in [6, 6.07) is 18.4. The lowest BCUT2D eigenvalue weighted by Crippen LogP contribution is -1.99. The Bertz CT molecular complexity index is 1310. The molecule has 0 radical (unpaired) electrons. The Morgan fingerprint density at radius 3 is 1.41 bits per heavy atom. The smallest absolute Gasteiger partial charge is 0.336 e. The maximum absolute atomic E-state index is 10.9. The summed E-state index contributed by atoms with van der Waals surface area (Å²) in [5.74, 6) is -4.10. The van der Waals surface area contributed by atoms with Crippen molar-refractivity contribution in [2.75, 3.05) is 0 Å². The third-order valence-electron chi connectivity index (χ3n) is 4.69. The van der Waals surface area contributed by atoms with E-state index in [2.05, 4.69) is 0 Å². The predicted molar refractivity (Wildman–Crippen MR) is 116 cm³/mol. The van der Waals surface area contributed by atoms with E-state index in [1.54, 1.807) is 24.3 Å². The van der Waals surface area contributed by atoms with Gasteiger partial charge in [-0.2, -0.15) is 0 Å². The number of rotatable bonds is 4. The Kier molecular flexibility index (Phi) is 6.16. The number of benzene rings is 4. The molecule has 0 unspecified atom stereocenters. The maximum atomic E-state index is 10.9. The van der Waals surface area contributed by atoms with E-state index in [0.29, 0.717) is 16.2 Å². The summed E-state index contributed by atoms with van der Waals surface area (Å²) in [5.41, 5.74) is 0.620. The summed E-state index contributed by atoms with van der Waals surface area (Å²) < 4.78 is 0. The number of carboxylic acid groups (broad SMARTS) is 4. The van der Waals surface area contributed by atoms with Crippen molar-refractivity contribution in [1.82, 2.24) is 0 Å². The standard InChI is InChI=1S/2C12H8O4/c13-11(14)8-3-1-7-2-4-9(12(15)16)6-10(7)5-8;13-11(14)8-4-5-9-7(6-8)2-1-3-10(9)12(15)16/h2*1-6H,(H,13,14)(H,15,16). The first kappa shape index (κ1) is 22.0. The Hall–Kier alpha value is -4.72. The van der Waals surface area contributed by atoms with Gasteiger partial charge >= 0.3 is 23.9 Å². The number of aromatic carboxylic acids is 4. The van der Waals surface area contributed by atoms with Gasteiger partial charge in [-0.3, -0.25) is 0 Å². The second kappa shape index (κ2) is 8.97. The van der Waals surface area contributed by atoms with Gasteiger partial charge in [0.2, 0.25) is 0 Å². The van der Waals surface area contributed by atoms with Crippen molar-refractivity contribution in [2.45, 2.75) is 0 Å². The van der Waals surface area contributed by atoms with E-state index >= 15 is 0 Å². The van der Waals surface area contributed by atoms with Crippen LogP contribution in [0.3, 0.4) is 0 Å². The zero-order valence-corrected chi connectivity index (χ0v) is 16.4. The molecule has 0 saturated carbocycles. The van der Waals surface area contributed by atoms with Gasteiger partial charge in [-0.05, 0) is 64.0 Å². The van der Waals surface area contributed by atoms with Crippen molar-refractivity contribution in [3.63, 3.8) is 0 Å². The highest BCUT2D eigenvalue weighted by molar-refractivity contribution is 6.05. The zero-order valence-electron chi connectivity index (χ0n) is 16.4. The number of hydrogen-bond acceptors (Lipinski definition) is 4. The van der Waals surface area contributed by atoms with Crippen molar-refractivity contribution < 1.29 is 39.6 Å². The van der Waals surface area contributed by atoms with Crippen LogP contribution in [-0.4, -0.2) is 44.3 Å². The van der Waals surface area contributed by atoms with Gasteiger partial charge < -0.3 is 20.4 Å². The van der Waals surface area contributed by atoms with Crippen LogP contribution in [0.15, 0.2) is 72.8 Å². The van der Waals surface area contributed by atoms with Crippen molar-refractivity contribution in [3.8, 4) is 0 Å². The van der Waals surface area contributed by atoms with Crippen molar-refractivity contribution in [2.24, 2.45) is 0 Å². The fourth-order valence-corrected chi connectivity index (χ4v) is 3.12. The molecule has 0 bridgehead atoms. The molecule has 0 atom stereocenters. The van der Waals surface area contributed by atoms with E-state index < -0.39 is 23.9 Å². The van der Waals surface area contributed by atoms with Crippen LogP contribution in [0.25, 0.3) is 21.5 Å². The van der Waals surface area contributed by atoms with Crippen LogP contribution in [0, 0.1) is 0 Å². The highest BCUT2D eigenvalue weighted by atomic mass is 16.4. The molecule has 160 valence electrons. The topological polar surface area (TPSA) is 149 Å². The Labute approximate surface area is 180 Å². The van der Waals surface area contributed by atoms with Crippen molar-refractivity contribution >= 4 is 45.4 Å². The Morgan fingerprint density at radius 1 is 0.469 bits per heavy atom. The molecule has 4 aromatic rings. The van der Waals surface area contributed by atoms with Gasteiger partial charge in [0.1, 0.15) is 0 Å². The van der Waals surface area contributed by atoms with E-state index in [1.807, 2.05) is 0 Å². The summed E-state index contributed by atoms with van der Waals surface area (Å²) in [6.45, 7) is 0. The number of hydrogen-bond donors (Lipinski definition) is 4. The highest BCUT2D eigenvalue weighted by Gasteiger charge is 2.10. The van der Waals surface area contributed by atoms with Gasteiger partial charge in [0.05, 0.1) is 22.3 Å². The van der Waals surface area contributed by atoms with Crippen LogP contribution >= 0.6 is 0 Å². The second-order valence-corrected chi connectivity index (χ2v) is 6.74. The molecule has 0 aromatic heterocycles. The van der Waals surface area contributed by atoms with Gasteiger partial charge in [-0.25, -0.2) is 19.2 Å². The van der Waals surface area contributed by atoms with Crippen LogP contribution in [0.1, 0.15) is 41.4 Å². The van der Waals surface area contributed by atoms with Crippen LogP contribution in [0.4, 0.5) is 0 Å². The molecule has 0 saturated heterocycles. The first-order chi connectivity index (χ1) is 15.2. The van der Waals surface area contributed by atoms with Gasteiger partial charge in [-0.1, -0.05) is 30.3 Å². The number of carbonyl (C=O) groups is 4. The molecule has 4 aromatic carbocycles. The molecule has 0 amide bonds. The molecule has 4 rings (SSSR count). The zero-order chi connectivity index (χ0) is 23.4. The van der Waals surface area contributed by atoms with Crippen LogP contribution in [-0.2, 0) is 0 Å². The SMILES string of the molecule is O=C(O)c1ccc2c(C(=O)O)cccc2c1.O=C(O)c1ccc2ccc(C(=O)O)cc2c1. The van der Waals surface area contributed by atoms with E-state index in [0.717, 1.165) is 5.39 Å². The Morgan fingerprint density at radius 2 is 0.938 bits per heavy atom. The summed E-state index contributed by atoms with van der Waals surface area (Å²) in [4.78, 5) is 43.2. The molecule has 0 aliphatic rings. The molecule has 0 fully saturated rings. The first-order valence-corrected chi connectivity index (χ1v) is 9.17. The van der Waals surface area contributed by atoms with Crippen LogP contribution in [0.2, 0.25) is 0 Å². The lowest BCUT2D eigenvalue weighted by Gasteiger charge is -2.03. The van der Waals surface area contributed by atoms with Crippen LogP contribution in [0.5, 0.6) is 0 Å². The maximum Gasteiger partial charge on any atom is 0.336 e. The molecule has 32 heavy (non-hydrogen) atoms. The highest BCUT2D eigenvalue weighted by Crippen LogP contribution is 2.21. The predicted octanol–water partition coefficient (Wildman–Crippen LogP) is 4.47. The molecular weight excluding hydrogens is 416 g/mol. The molecule has 4 N–H and O–H groups in total. The second-order valence-electron chi connectivity index (χ2n) is 6.74. The summed E-state index contributed by atoms with van der Waals surface area (Å²) in [6.07, 6.45) is 0. The number of carboxylic acids is 4. The van der Waals surface area contributed by atoms with Crippen LogP contribution < -0.4 is 0 Å². The van der Waals surface area contributed by atoms with Gasteiger partial charge in [0.15, 0.2) is 0 Å². The van der Waals surface area contributed by atoms with Gasteiger partial charge in [0, 0.05) is 0 Å². The fourth-order valence-electron chi connectivity index (χ4n) is 3.12. The lowest BCUT2D eigenvalue weighted by atomic mass is 10.0. The van der Waals surface area contributed by atoms with Gasteiger partial charge in [0.25, 0.3) is 0 Å². The van der Waals surface area contributed by atoms with E-state index in [1.165, 1.54) is 48.5 Å². The largest absolute Gasteiger partial charge is 0.478 e. The molecule has 0 aliphatic heterocycles. The van der Waals surface area contributed by atoms with E-state index in [9.17, 15) is 19.2 Å². The average molecular weight is 432 g/mol. The minimum atomic E-state index is -1.03. The molecule has 0 spiro atoms. The monoisotopic (exact) mass is 432 g/mol. The Balaban J connectivity index is 0.000000181. The number of fused-ring (bicyclic) bond motifs is 2. The quantitative estimate of drug-likeness (QED) is 0.369. The molecule has 0 heterocycles. The minimum absolute atomic E-state index is 0.148. The normalized spacial score (nSPS) is 10.2. The third-order valence-corrected chi connectivity index (χ3v) is 4.69. The molecule has 8 nitrogen and oxygen atoms in total. The van der Waals surface area contributed by atoms with Gasteiger partial charge in [-0.15, -0.1) is 0 Å². The van der Waals surface area contributed by atoms with E-state index in [-0.39, 0.29) is 22.3 Å². The fraction of sp³-hybridized carbons (Fsp3) is 0. The summed E-state index contributed by atoms with van der Waals surface area (Å²) in [5, 5.41) is 37.9. The minimum Gasteiger partial charge on any atom is -0.478 e. The average Bonchev–Trinajstić information content (AvgIpc) is 2.77. The molecule has 8 heteroatoms. The summed E-state index contributed by atoms with van der Waals surface area (Å²) in [7, 11) is 0. The molecule has 0 aliphatic carbocycles.